The highest BCUT2D eigenvalue weighted by Gasteiger charge is 2.21. The molecule has 0 bridgehead atoms. The Labute approximate surface area is 208 Å². The second kappa shape index (κ2) is 12.5. The summed E-state index contributed by atoms with van der Waals surface area (Å²) in [7, 11) is 1.70. The molecule has 1 atom stereocenters. The van der Waals surface area contributed by atoms with Gasteiger partial charge in [0.15, 0.2) is 0 Å². The van der Waals surface area contributed by atoms with Crippen molar-refractivity contribution in [2.24, 2.45) is 0 Å². The smallest absolute Gasteiger partial charge is 0.222 e. The molecule has 0 aliphatic heterocycles. The summed E-state index contributed by atoms with van der Waals surface area (Å²) in [6, 6.07) is 24.0. The average Bonchev–Trinajstić information content (AvgIpc) is 2.85. The van der Waals surface area contributed by atoms with Crippen LogP contribution in [-0.4, -0.2) is 30.6 Å². The second-order valence-corrected chi connectivity index (χ2v) is 9.05. The number of hydrogen-bond acceptors (Lipinski definition) is 3. The number of amides is 1. The van der Waals surface area contributed by atoms with E-state index >= 15 is 0 Å². The van der Waals surface area contributed by atoms with Crippen molar-refractivity contribution < 1.29 is 14.3 Å². The van der Waals surface area contributed by atoms with E-state index in [0.717, 1.165) is 34.6 Å². The van der Waals surface area contributed by atoms with Gasteiger partial charge in [-0.1, -0.05) is 61.0 Å². The molecule has 1 amide bonds. The predicted molar refractivity (Wildman–Crippen MR) is 139 cm³/mol. The molecule has 0 saturated carbocycles. The zero-order valence-electron chi connectivity index (χ0n) is 20.5. The van der Waals surface area contributed by atoms with Crippen molar-refractivity contribution in [3.05, 3.63) is 94.5 Å². The van der Waals surface area contributed by atoms with Crippen molar-refractivity contribution in [2.75, 3.05) is 13.7 Å². The van der Waals surface area contributed by atoms with Gasteiger partial charge < -0.3 is 14.4 Å². The third-order valence-electron chi connectivity index (χ3n) is 5.80. The van der Waals surface area contributed by atoms with Crippen LogP contribution in [0.1, 0.15) is 56.2 Å². The van der Waals surface area contributed by atoms with Crippen molar-refractivity contribution in [1.82, 2.24) is 4.90 Å². The van der Waals surface area contributed by atoms with Gasteiger partial charge in [0.25, 0.3) is 0 Å². The molecule has 0 saturated heterocycles. The fraction of sp³-hybridized carbons (Fsp3) is 0.345. The van der Waals surface area contributed by atoms with Crippen LogP contribution in [0, 0.1) is 0 Å². The number of halogens is 1. The molecule has 0 aromatic heterocycles. The number of para-hydroxylation sites is 1. The lowest BCUT2D eigenvalue weighted by atomic mass is 9.87. The SMILES string of the molecule is CCC(=O)N(CC[C@@H](c1ccc(OC(C)C)cc1)c1ccccc1OC)Cc1ccc(Cl)cc1. The van der Waals surface area contributed by atoms with Gasteiger partial charge in [0.05, 0.1) is 13.2 Å². The molecule has 0 radical (unpaired) electrons. The van der Waals surface area contributed by atoms with Crippen LogP contribution < -0.4 is 9.47 Å². The predicted octanol–water partition coefficient (Wildman–Crippen LogP) is 7.10. The highest BCUT2D eigenvalue weighted by Crippen LogP contribution is 2.35. The molecule has 0 N–H and O–H groups in total. The Morgan fingerprint density at radius 3 is 2.26 bits per heavy atom. The minimum Gasteiger partial charge on any atom is -0.496 e. The summed E-state index contributed by atoms with van der Waals surface area (Å²) in [5.41, 5.74) is 3.34. The standard InChI is InChI=1S/C29H34ClNO3/c1-5-29(32)31(20-22-10-14-24(30)15-11-22)19-18-26(27-8-6-7-9-28(27)33-4)23-12-16-25(17-13-23)34-21(2)3/h6-17,21,26H,5,18-20H2,1-4H3/t26-/m0/s1. The summed E-state index contributed by atoms with van der Waals surface area (Å²) >= 11 is 6.04. The molecule has 180 valence electrons. The molecule has 4 nitrogen and oxygen atoms in total. The van der Waals surface area contributed by atoms with E-state index in [2.05, 4.69) is 18.2 Å². The molecule has 34 heavy (non-hydrogen) atoms. The minimum atomic E-state index is 0.0709. The first-order valence-electron chi connectivity index (χ1n) is 11.8. The molecule has 0 heterocycles. The lowest BCUT2D eigenvalue weighted by Crippen LogP contribution is -2.31. The van der Waals surface area contributed by atoms with E-state index in [0.29, 0.717) is 24.5 Å². The molecule has 0 unspecified atom stereocenters. The van der Waals surface area contributed by atoms with Crippen LogP contribution in [0.15, 0.2) is 72.8 Å². The Morgan fingerprint density at radius 1 is 0.971 bits per heavy atom. The largest absolute Gasteiger partial charge is 0.496 e. The van der Waals surface area contributed by atoms with Crippen molar-refractivity contribution in [3.63, 3.8) is 0 Å². The molecule has 0 fully saturated rings. The van der Waals surface area contributed by atoms with E-state index in [9.17, 15) is 4.79 Å². The highest BCUT2D eigenvalue weighted by atomic mass is 35.5. The Kier molecular flexibility index (Phi) is 9.41. The molecule has 5 heteroatoms. The topological polar surface area (TPSA) is 38.8 Å². The zero-order valence-corrected chi connectivity index (χ0v) is 21.2. The maximum atomic E-state index is 12.8. The molecule has 3 rings (SSSR count). The molecule has 0 spiro atoms. The number of carbonyl (C=O) groups excluding carboxylic acids is 1. The average molecular weight is 480 g/mol. The van der Waals surface area contributed by atoms with E-state index in [4.69, 9.17) is 21.1 Å². The summed E-state index contributed by atoms with van der Waals surface area (Å²) < 4.78 is 11.5. The molecule has 0 aliphatic carbocycles. The Balaban J connectivity index is 1.87. The Bertz CT molecular complexity index is 1050. The number of methoxy groups -OCH3 is 1. The fourth-order valence-corrected chi connectivity index (χ4v) is 4.24. The van der Waals surface area contributed by atoms with Gasteiger partial charge in [-0.2, -0.15) is 0 Å². The molecular formula is C29H34ClNO3. The first kappa shape index (κ1) is 25.6. The first-order valence-corrected chi connectivity index (χ1v) is 12.2. The van der Waals surface area contributed by atoms with Crippen molar-refractivity contribution in [2.45, 2.75) is 52.2 Å². The highest BCUT2D eigenvalue weighted by molar-refractivity contribution is 6.30. The van der Waals surface area contributed by atoms with E-state index < -0.39 is 0 Å². The van der Waals surface area contributed by atoms with Gasteiger partial charge in [-0.3, -0.25) is 4.79 Å². The van der Waals surface area contributed by atoms with Gasteiger partial charge in [0.2, 0.25) is 5.91 Å². The van der Waals surface area contributed by atoms with Crippen LogP contribution in [0.4, 0.5) is 0 Å². The van der Waals surface area contributed by atoms with Gasteiger partial charge in [-0.25, -0.2) is 0 Å². The second-order valence-electron chi connectivity index (χ2n) is 8.61. The molecule has 3 aromatic carbocycles. The Morgan fingerprint density at radius 2 is 1.65 bits per heavy atom. The molecule has 0 aliphatic rings. The first-order chi connectivity index (χ1) is 16.4. The summed E-state index contributed by atoms with van der Waals surface area (Å²) in [5, 5.41) is 0.693. The molecule has 3 aromatic rings. The number of rotatable bonds is 11. The van der Waals surface area contributed by atoms with E-state index in [-0.39, 0.29) is 17.9 Å². The lowest BCUT2D eigenvalue weighted by Gasteiger charge is -2.27. The normalized spacial score (nSPS) is 11.8. The van der Waals surface area contributed by atoms with Gasteiger partial charge in [0, 0.05) is 36.0 Å². The van der Waals surface area contributed by atoms with Crippen LogP contribution in [0.25, 0.3) is 0 Å². The van der Waals surface area contributed by atoms with E-state index in [1.165, 1.54) is 0 Å². The maximum absolute atomic E-state index is 12.8. The number of hydrogen-bond donors (Lipinski definition) is 0. The third kappa shape index (κ3) is 7.01. The fourth-order valence-electron chi connectivity index (χ4n) is 4.12. The van der Waals surface area contributed by atoms with Gasteiger partial charge in [-0.05, 0) is 61.7 Å². The van der Waals surface area contributed by atoms with Gasteiger partial charge in [0.1, 0.15) is 11.5 Å². The molecular weight excluding hydrogens is 446 g/mol. The van der Waals surface area contributed by atoms with Crippen LogP contribution >= 0.6 is 11.6 Å². The number of nitrogens with zero attached hydrogens (tertiary/aromatic N) is 1. The number of ether oxygens (including phenoxy) is 2. The van der Waals surface area contributed by atoms with E-state index in [1.54, 1.807) is 7.11 Å². The van der Waals surface area contributed by atoms with Crippen LogP contribution in [0.5, 0.6) is 11.5 Å². The van der Waals surface area contributed by atoms with Crippen molar-refractivity contribution in [3.8, 4) is 11.5 Å². The van der Waals surface area contributed by atoms with Crippen LogP contribution in [-0.2, 0) is 11.3 Å². The quantitative estimate of drug-likeness (QED) is 0.294. The monoisotopic (exact) mass is 479 g/mol. The number of carbonyl (C=O) groups is 1. The number of benzene rings is 3. The third-order valence-corrected chi connectivity index (χ3v) is 6.05. The maximum Gasteiger partial charge on any atom is 0.222 e. The minimum absolute atomic E-state index is 0.0709. The van der Waals surface area contributed by atoms with Crippen molar-refractivity contribution in [1.29, 1.82) is 0 Å². The van der Waals surface area contributed by atoms with Crippen LogP contribution in [0.3, 0.4) is 0 Å². The Hall–Kier alpha value is -2.98. The van der Waals surface area contributed by atoms with Crippen molar-refractivity contribution >= 4 is 17.5 Å². The summed E-state index contributed by atoms with van der Waals surface area (Å²) in [6.45, 7) is 7.13. The van der Waals surface area contributed by atoms with Crippen LogP contribution in [0.2, 0.25) is 5.02 Å². The lowest BCUT2D eigenvalue weighted by molar-refractivity contribution is -0.131. The van der Waals surface area contributed by atoms with Gasteiger partial charge in [-0.15, -0.1) is 0 Å². The zero-order chi connectivity index (χ0) is 24.5. The summed E-state index contributed by atoms with van der Waals surface area (Å²) in [4.78, 5) is 14.7. The van der Waals surface area contributed by atoms with E-state index in [1.807, 2.05) is 80.3 Å². The summed E-state index contributed by atoms with van der Waals surface area (Å²) in [5.74, 6) is 1.90. The van der Waals surface area contributed by atoms with Gasteiger partial charge >= 0.3 is 0 Å². The summed E-state index contributed by atoms with van der Waals surface area (Å²) in [6.07, 6.45) is 1.36.